The highest BCUT2D eigenvalue weighted by Gasteiger charge is 2.22. The molecule has 22 heavy (non-hydrogen) atoms. The smallest absolute Gasteiger partial charge is 0.223 e. The Hall–Kier alpha value is -1.52. The van der Waals surface area contributed by atoms with Gasteiger partial charge >= 0.3 is 0 Å². The number of carbonyl (C=O) groups is 1. The normalized spacial score (nSPS) is 15.1. The molecule has 1 aliphatic rings. The van der Waals surface area contributed by atoms with E-state index in [1.54, 1.807) is 11.3 Å². The second-order valence-corrected chi connectivity index (χ2v) is 6.84. The molecule has 0 bridgehead atoms. The summed E-state index contributed by atoms with van der Waals surface area (Å²) in [7, 11) is 0. The summed E-state index contributed by atoms with van der Waals surface area (Å²) < 4.78 is 0. The Labute approximate surface area is 140 Å². The molecule has 0 N–H and O–H groups in total. The number of hydrogen-bond acceptors (Lipinski definition) is 3. The van der Waals surface area contributed by atoms with E-state index in [0.717, 1.165) is 43.3 Å². The topological polar surface area (TPSA) is 23.6 Å². The van der Waals surface area contributed by atoms with E-state index in [2.05, 4.69) is 16.3 Å². The Kier molecular flexibility index (Phi) is 5.01. The summed E-state index contributed by atoms with van der Waals surface area (Å²) in [5.41, 5.74) is 1.06. The number of carbonyl (C=O) groups excluding carboxylic acids is 1. The lowest BCUT2D eigenvalue weighted by Crippen LogP contribution is -2.48. The van der Waals surface area contributed by atoms with Crippen LogP contribution in [0, 0.1) is 0 Å². The number of hydrogen-bond donors (Lipinski definition) is 0. The van der Waals surface area contributed by atoms with Gasteiger partial charge in [-0.1, -0.05) is 29.8 Å². The van der Waals surface area contributed by atoms with Crippen LogP contribution in [-0.2, 0) is 11.2 Å². The first kappa shape index (κ1) is 15.4. The van der Waals surface area contributed by atoms with Crippen LogP contribution < -0.4 is 4.90 Å². The fourth-order valence-corrected chi connectivity index (χ4v) is 3.71. The Morgan fingerprint density at radius 1 is 1.09 bits per heavy atom. The second-order valence-electron chi connectivity index (χ2n) is 5.40. The third-order valence-electron chi connectivity index (χ3n) is 3.99. The van der Waals surface area contributed by atoms with Crippen LogP contribution in [-0.4, -0.2) is 37.0 Å². The molecule has 0 saturated carbocycles. The van der Waals surface area contributed by atoms with Crippen molar-refractivity contribution >= 4 is 34.5 Å². The van der Waals surface area contributed by atoms with Crippen molar-refractivity contribution in [2.45, 2.75) is 12.8 Å². The molecule has 0 atom stereocenters. The van der Waals surface area contributed by atoms with Crippen LogP contribution in [0.3, 0.4) is 0 Å². The van der Waals surface area contributed by atoms with Crippen molar-refractivity contribution in [3.05, 3.63) is 51.7 Å². The van der Waals surface area contributed by atoms with Crippen molar-refractivity contribution < 1.29 is 4.79 Å². The molecule has 2 aromatic rings. The monoisotopic (exact) mass is 334 g/mol. The van der Waals surface area contributed by atoms with Crippen LogP contribution in [0.15, 0.2) is 41.8 Å². The first-order valence-corrected chi connectivity index (χ1v) is 8.79. The lowest BCUT2D eigenvalue weighted by Gasteiger charge is -2.36. The zero-order chi connectivity index (χ0) is 15.4. The molecule has 3 rings (SSSR count). The number of para-hydroxylation sites is 1. The molecular weight excluding hydrogens is 316 g/mol. The minimum Gasteiger partial charge on any atom is -0.367 e. The molecule has 1 aromatic carbocycles. The van der Waals surface area contributed by atoms with Crippen molar-refractivity contribution in [2.75, 3.05) is 31.1 Å². The molecule has 1 saturated heterocycles. The number of halogens is 1. The average Bonchev–Trinajstić information content (AvgIpc) is 3.07. The van der Waals surface area contributed by atoms with Crippen molar-refractivity contribution in [1.29, 1.82) is 0 Å². The van der Waals surface area contributed by atoms with E-state index >= 15 is 0 Å². The van der Waals surface area contributed by atoms with Crippen LogP contribution in [0.5, 0.6) is 0 Å². The summed E-state index contributed by atoms with van der Waals surface area (Å²) in [4.78, 5) is 17.8. The third kappa shape index (κ3) is 3.62. The van der Waals surface area contributed by atoms with Gasteiger partial charge in [0.25, 0.3) is 0 Å². The molecule has 3 nitrogen and oxygen atoms in total. The Balaban J connectivity index is 1.51. The summed E-state index contributed by atoms with van der Waals surface area (Å²) in [5.74, 6) is 0.257. The molecule has 1 aromatic heterocycles. The molecular formula is C17H19ClN2OS. The van der Waals surface area contributed by atoms with Gasteiger partial charge in [0.2, 0.25) is 5.91 Å². The molecule has 1 amide bonds. The number of aryl methyl sites for hydroxylation is 1. The minimum absolute atomic E-state index is 0.257. The quantitative estimate of drug-likeness (QED) is 0.851. The maximum atomic E-state index is 12.3. The van der Waals surface area contributed by atoms with E-state index in [4.69, 9.17) is 11.6 Å². The van der Waals surface area contributed by atoms with Gasteiger partial charge in [0.15, 0.2) is 0 Å². The SMILES string of the molecule is O=C(CCc1cccs1)N1CCN(c2ccccc2Cl)CC1. The lowest BCUT2D eigenvalue weighted by atomic mass is 10.2. The molecule has 5 heteroatoms. The Morgan fingerprint density at radius 3 is 2.55 bits per heavy atom. The largest absolute Gasteiger partial charge is 0.367 e. The molecule has 0 unspecified atom stereocenters. The van der Waals surface area contributed by atoms with Gasteiger partial charge in [-0.25, -0.2) is 0 Å². The zero-order valence-corrected chi connectivity index (χ0v) is 13.9. The lowest BCUT2D eigenvalue weighted by molar-refractivity contribution is -0.131. The summed E-state index contributed by atoms with van der Waals surface area (Å²) in [5, 5.41) is 2.84. The predicted molar refractivity (Wildman–Crippen MR) is 92.9 cm³/mol. The van der Waals surface area contributed by atoms with Crippen LogP contribution in [0.4, 0.5) is 5.69 Å². The highest BCUT2D eigenvalue weighted by molar-refractivity contribution is 7.09. The van der Waals surface area contributed by atoms with Crippen molar-refractivity contribution in [3.8, 4) is 0 Å². The summed E-state index contributed by atoms with van der Waals surface area (Å²) in [6, 6.07) is 12.0. The Bertz CT molecular complexity index is 621. The van der Waals surface area contributed by atoms with E-state index in [-0.39, 0.29) is 5.91 Å². The Morgan fingerprint density at radius 2 is 1.86 bits per heavy atom. The average molecular weight is 335 g/mol. The number of nitrogens with zero attached hydrogens (tertiary/aromatic N) is 2. The van der Waals surface area contributed by atoms with E-state index in [1.807, 2.05) is 35.2 Å². The molecule has 1 fully saturated rings. The van der Waals surface area contributed by atoms with Crippen LogP contribution in [0.2, 0.25) is 5.02 Å². The zero-order valence-electron chi connectivity index (χ0n) is 12.4. The maximum Gasteiger partial charge on any atom is 0.223 e. The number of anilines is 1. The molecule has 2 heterocycles. The van der Waals surface area contributed by atoms with Gasteiger partial charge in [-0.05, 0) is 30.0 Å². The summed E-state index contributed by atoms with van der Waals surface area (Å²) >= 11 is 7.96. The number of thiophene rings is 1. The molecule has 0 aliphatic carbocycles. The summed E-state index contributed by atoms with van der Waals surface area (Å²) in [6.45, 7) is 3.23. The number of benzene rings is 1. The van der Waals surface area contributed by atoms with Crippen molar-refractivity contribution in [1.82, 2.24) is 4.90 Å². The van der Waals surface area contributed by atoms with Crippen molar-refractivity contribution in [2.24, 2.45) is 0 Å². The fraction of sp³-hybridized carbons (Fsp3) is 0.353. The second kappa shape index (κ2) is 7.16. The summed E-state index contributed by atoms with van der Waals surface area (Å²) in [6.07, 6.45) is 1.45. The maximum absolute atomic E-state index is 12.3. The third-order valence-corrected chi connectivity index (χ3v) is 5.25. The van der Waals surface area contributed by atoms with E-state index in [1.165, 1.54) is 4.88 Å². The van der Waals surface area contributed by atoms with E-state index < -0.39 is 0 Å². The van der Waals surface area contributed by atoms with Crippen LogP contribution >= 0.6 is 22.9 Å². The van der Waals surface area contributed by atoms with E-state index in [0.29, 0.717) is 6.42 Å². The minimum atomic E-state index is 0.257. The van der Waals surface area contributed by atoms with Gasteiger partial charge in [-0.2, -0.15) is 0 Å². The van der Waals surface area contributed by atoms with Gasteiger partial charge in [0.05, 0.1) is 10.7 Å². The van der Waals surface area contributed by atoms with Gasteiger partial charge in [-0.3, -0.25) is 4.79 Å². The first-order valence-electron chi connectivity index (χ1n) is 7.53. The number of rotatable bonds is 4. The van der Waals surface area contributed by atoms with Crippen molar-refractivity contribution in [3.63, 3.8) is 0 Å². The number of piperazine rings is 1. The van der Waals surface area contributed by atoms with Gasteiger partial charge in [-0.15, -0.1) is 11.3 Å². The highest BCUT2D eigenvalue weighted by Crippen LogP contribution is 2.26. The van der Waals surface area contributed by atoms with Gasteiger partial charge in [0, 0.05) is 37.5 Å². The standard InChI is InChI=1S/C17H19ClN2OS/c18-15-5-1-2-6-16(15)19-9-11-20(12-10-19)17(21)8-7-14-4-3-13-22-14/h1-6,13H,7-12H2. The van der Waals surface area contributed by atoms with Gasteiger partial charge in [0.1, 0.15) is 0 Å². The van der Waals surface area contributed by atoms with E-state index in [9.17, 15) is 4.79 Å². The van der Waals surface area contributed by atoms with Crippen LogP contribution in [0.25, 0.3) is 0 Å². The highest BCUT2D eigenvalue weighted by atomic mass is 35.5. The molecule has 0 radical (unpaired) electrons. The van der Waals surface area contributed by atoms with Gasteiger partial charge < -0.3 is 9.80 Å². The number of amides is 1. The molecule has 0 spiro atoms. The predicted octanol–water partition coefficient (Wildman–Crippen LogP) is 3.68. The molecule has 116 valence electrons. The molecule has 1 aliphatic heterocycles. The van der Waals surface area contributed by atoms with Crippen LogP contribution in [0.1, 0.15) is 11.3 Å². The first-order chi connectivity index (χ1) is 10.7. The fourth-order valence-electron chi connectivity index (χ4n) is 2.75.